The minimum atomic E-state index is 0.838. The number of allylic oxidation sites excluding steroid dienone is 5. The number of hydrogen-bond donors (Lipinski definition) is 0. The molecule has 0 spiro atoms. The maximum absolute atomic E-state index is 2.41. The fraction of sp³-hybridized carbons (Fsp3) is 0.250. The lowest BCUT2D eigenvalue weighted by Crippen LogP contribution is -1.98. The van der Waals surface area contributed by atoms with Crippen LogP contribution in [0.25, 0.3) is 6.08 Å². The van der Waals surface area contributed by atoms with Crippen LogP contribution in [0.5, 0.6) is 0 Å². The van der Waals surface area contributed by atoms with Gasteiger partial charge in [-0.1, -0.05) is 48.6 Å². The lowest BCUT2D eigenvalue weighted by Gasteiger charge is -2.11. The van der Waals surface area contributed by atoms with E-state index in [1.54, 1.807) is 11.1 Å². The van der Waals surface area contributed by atoms with Crippen LogP contribution in [0.2, 0.25) is 0 Å². The van der Waals surface area contributed by atoms with E-state index in [1.807, 2.05) is 0 Å². The lowest BCUT2D eigenvalue weighted by molar-refractivity contribution is 0.907. The standard InChI is InChI=1S/C16H14/c1-2-4-12-9-13-5-6-14-10-16(14)15(13)8-7-11(12)3-1/h1-8,14,16H,9-10H2. The normalized spacial score (nSPS) is 29.2. The zero-order valence-electron chi connectivity index (χ0n) is 9.19. The average Bonchev–Trinajstić information content (AvgIpc) is 3.09. The molecule has 2 unspecified atom stereocenters. The van der Waals surface area contributed by atoms with Gasteiger partial charge in [-0.05, 0) is 47.0 Å². The maximum atomic E-state index is 2.41. The number of fused-ring (bicyclic) bond motifs is 3. The molecule has 0 radical (unpaired) electrons. The Hall–Kier alpha value is -1.56. The number of rotatable bonds is 0. The summed E-state index contributed by atoms with van der Waals surface area (Å²) < 4.78 is 0. The molecule has 0 aromatic heterocycles. The van der Waals surface area contributed by atoms with Gasteiger partial charge in [-0.15, -0.1) is 0 Å². The second-order valence-electron chi connectivity index (χ2n) is 5.05. The Morgan fingerprint density at radius 2 is 1.94 bits per heavy atom. The molecule has 1 fully saturated rings. The Kier molecular flexibility index (Phi) is 1.59. The van der Waals surface area contributed by atoms with Crippen LogP contribution in [0.3, 0.4) is 0 Å². The maximum Gasteiger partial charge on any atom is -0.00171 e. The highest BCUT2D eigenvalue weighted by Crippen LogP contribution is 2.50. The van der Waals surface area contributed by atoms with E-state index in [-0.39, 0.29) is 0 Å². The quantitative estimate of drug-likeness (QED) is 0.606. The van der Waals surface area contributed by atoms with E-state index in [1.165, 1.54) is 17.5 Å². The third-order valence-corrected chi connectivity index (χ3v) is 4.03. The minimum absolute atomic E-state index is 0.838. The third kappa shape index (κ3) is 1.16. The van der Waals surface area contributed by atoms with Gasteiger partial charge in [0, 0.05) is 0 Å². The summed E-state index contributed by atoms with van der Waals surface area (Å²) in [7, 11) is 0. The summed E-state index contributed by atoms with van der Waals surface area (Å²) in [6.07, 6.45) is 11.9. The van der Waals surface area contributed by atoms with Crippen molar-refractivity contribution in [3.8, 4) is 0 Å². The molecule has 0 amide bonds. The summed E-state index contributed by atoms with van der Waals surface area (Å²) in [6.45, 7) is 0. The monoisotopic (exact) mass is 206 g/mol. The van der Waals surface area contributed by atoms with Gasteiger partial charge in [-0.3, -0.25) is 0 Å². The van der Waals surface area contributed by atoms with Gasteiger partial charge in [0.1, 0.15) is 0 Å². The van der Waals surface area contributed by atoms with Gasteiger partial charge in [-0.25, -0.2) is 0 Å². The minimum Gasteiger partial charge on any atom is -0.0805 e. The zero-order valence-corrected chi connectivity index (χ0v) is 9.19. The molecule has 2 atom stereocenters. The fourth-order valence-electron chi connectivity index (χ4n) is 2.99. The molecule has 1 aromatic rings. The van der Waals surface area contributed by atoms with Gasteiger partial charge in [0.2, 0.25) is 0 Å². The van der Waals surface area contributed by atoms with Crippen molar-refractivity contribution in [2.24, 2.45) is 11.8 Å². The van der Waals surface area contributed by atoms with Gasteiger partial charge in [0.05, 0.1) is 0 Å². The molecule has 0 saturated heterocycles. The van der Waals surface area contributed by atoms with E-state index in [9.17, 15) is 0 Å². The van der Waals surface area contributed by atoms with Crippen molar-refractivity contribution in [1.82, 2.24) is 0 Å². The van der Waals surface area contributed by atoms with Crippen molar-refractivity contribution in [2.75, 3.05) is 0 Å². The summed E-state index contributed by atoms with van der Waals surface area (Å²) >= 11 is 0. The van der Waals surface area contributed by atoms with E-state index in [4.69, 9.17) is 0 Å². The molecule has 3 aliphatic rings. The van der Waals surface area contributed by atoms with Gasteiger partial charge in [0.15, 0.2) is 0 Å². The topological polar surface area (TPSA) is 0 Å². The first-order valence-electron chi connectivity index (χ1n) is 6.09. The molecular weight excluding hydrogens is 192 g/mol. The molecule has 0 bridgehead atoms. The summed E-state index contributed by atoms with van der Waals surface area (Å²) in [4.78, 5) is 0. The van der Waals surface area contributed by atoms with Crippen molar-refractivity contribution < 1.29 is 0 Å². The van der Waals surface area contributed by atoms with Crippen LogP contribution in [-0.4, -0.2) is 0 Å². The first kappa shape index (κ1) is 8.58. The van der Waals surface area contributed by atoms with Crippen molar-refractivity contribution in [3.63, 3.8) is 0 Å². The fourth-order valence-corrected chi connectivity index (χ4v) is 2.99. The third-order valence-electron chi connectivity index (χ3n) is 4.03. The molecule has 1 aromatic carbocycles. The highest BCUT2D eigenvalue weighted by Gasteiger charge is 2.40. The highest BCUT2D eigenvalue weighted by molar-refractivity contribution is 5.63. The van der Waals surface area contributed by atoms with E-state index in [0.29, 0.717) is 0 Å². The van der Waals surface area contributed by atoms with Crippen molar-refractivity contribution in [2.45, 2.75) is 12.8 Å². The molecule has 1 saturated carbocycles. The summed E-state index contributed by atoms with van der Waals surface area (Å²) in [6, 6.07) is 8.74. The summed E-state index contributed by atoms with van der Waals surface area (Å²) in [5.74, 6) is 1.69. The van der Waals surface area contributed by atoms with Crippen LogP contribution in [0.1, 0.15) is 17.5 Å². The molecule has 3 aliphatic carbocycles. The number of hydrogen-bond acceptors (Lipinski definition) is 0. The van der Waals surface area contributed by atoms with Gasteiger partial charge in [0.25, 0.3) is 0 Å². The molecule has 4 rings (SSSR count). The van der Waals surface area contributed by atoms with Crippen LogP contribution in [0.15, 0.2) is 53.6 Å². The molecule has 0 nitrogen and oxygen atoms in total. The molecule has 0 heteroatoms. The van der Waals surface area contributed by atoms with E-state index >= 15 is 0 Å². The first-order valence-corrected chi connectivity index (χ1v) is 6.09. The highest BCUT2D eigenvalue weighted by atomic mass is 14.4. The second kappa shape index (κ2) is 2.98. The van der Waals surface area contributed by atoms with Crippen LogP contribution >= 0.6 is 0 Å². The first-order chi connectivity index (χ1) is 7.92. The van der Waals surface area contributed by atoms with Crippen LogP contribution in [0, 0.1) is 11.8 Å². The van der Waals surface area contributed by atoms with E-state index < -0.39 is 0 Å². The Bertz CT molecular complexity index is 543. The Morgan fingerprint density at radius 1 is 1.00 bits per heavy atom. The van der Waals surface area contributed by atoms with Gasteiger partial charge in [-0.2, -0.15) is 0 Å². The molecule has 0 aliphatic heterocycles. The second-order valence-corrected chi connectivity index (χ2v) is 5.05. The molecule has 0 heterocycles. The average molecular weight is 206 g/mol. The lowest BCUT2D eigenvalue weighted by atomic mass is 9.94. The zero-order chi connectivity index (χ0) is 10.5. The van der Waals surface area contributed by atoms with Gasteiger partial charge >= 0.3 is 0 Å². The summed E-state index contributed by atoms with van der Waals surface area (Å²) in [5, 5.41) is 0. The Labute approximate surface area is 96.0 Å². The predicted octanol–water partition coefficient (Wildman–Crippen LogP) is 3.76. The Balaban J connectivity index is 1.86. The Morgan fingerprint density at radius 3 is 2.94 bits per heavy atom. The smallest absolute Gasteiger partial charge is 0.00171 e. The van der Waals surface area contributed by atoms with Crippen molar-refractivity contribution in [1.29, 1.82) is 0 Å². The van der Waals surface area contributed by atoms with Gasteiger partial charge < -0.3 is 0 Å². The SMILES string of the molecule is C1=CC2CC2C2=C1Cc1ccccc1C=C2. The molecule has 16 heavy (non-hydrogen) atoms. The van der Waals surface area contributed by atoms with Crippen molar-refractivity contribution in [3.05, 3.63) is 64.8 Å². The molecular formula is C16H14. The van der Waals surface area contributed by atoms with E-state index in [2.05, 4.69) is 48.6 Å². The predicted molar refractivity (Wildman–Crippen MR) is 66.9 cm³/mol. The number of benzene rings is 1. The van der Waals surface area contributed by atoms with Crippen molar-refractivity contribution >= 4 is 6.08 Å². The summed E-state index contributed by atoms with van der Waals surface area (Å²) in [5.41, 5.74) is 6.00. The molecule has 0 N–H and O–H groups in total. The molecule has 78 valence electrons. The van der Waals surface area contributed by atoms with Crippen LogP contribution in [-0.2, 0) is 6.42 Å². The largest absolute Gasteiger partial charge is 0.0805 e. The van der Waals surface area contributed by atoms with Crippen LogP contribution in [0.4, 0.5) is 0 Å². The van der Waals surface area contributed by atoms with Crippen LogP contribution < -0.4 is 0 Å². The van der Waals surface area contributed by atoms with E-state index in [0.717, 1.165) is 18.3 Å².